The normalized spacial score (nSPS) is 11.4. The molecule has 7 nitrogen and oxygen atoms in total. The van der Waals surface area contributed by atoms with E-state index < -0.39 is 0 Å². The van der Waals surface area contributed by atoms with Gasteiger partial charge in [0.05, 0.1) is 72.7 Å². The SMILES string of the molecule is CCCCCCCCCCCCCCCCCCOCCOCCOCCOCCOCCOCCOc1ccccc1. The van der Waals surface area contributed by atoms with Gasteiger partial charge in [0.25, 0.3) is 0 Å². The van der Waals surface area contributed by atoms with Gasteiger partial charge in [0.1, 0.15) is 12.4 Å². The molecule has 0 saturated carbocycles. The van der Waals surface area contributed by atoms with Crippen molar-refractivity contribution in [3.63, 3.8) is 0 Å². The lowest BCUT2D eigenvalue weighted by atomic mass is 10.0. The van der Waals surface area contributed by atoms with Gasteiger partial charge in [-0.2, -0.15) is 0 Å². The lowest BCUT2D eigenvalue weighted by Gasteiger charge is -2.09. The molecule has 0 aromatic heterocycles. The Hall–Kier alpha value is -1.22. The van der Waals surface area contributed by atoms with Gasteiger partial charge < -0.3 is 33.2 Å². The Morgan fingerprint density at radius 3 is 1.00 bits per heavy atom. The molecule has 43 heavy (non-hydrogen) atoms. The average Bonchev–Trinajstić information content (AvgIpc) is 3.03. The van der Waals surface area contributed by atoms with Crippen molar-refractivity contribution in [3.05, 3.63) is 30.3 Å². The number of benzene rings is 1. The van der Waals surface area contributed by atoms with Gasteiger partial charge in [-0.3, -0.25) is 0 Å². The Kier molecular flexibility index (Phi) is 32.6. The van der Waals surface area contributed by atoms with Crippen LogP contribution in [0.15, 0.2) is 30.3 Å². The largest absolute Gasteiger partial charge is 0.491 e. The van der Waals surface area contributed by atoms with E-state index in [-0.39, 0.29) is 0 Å². The molecule has 7 heteroatoms. The molecule has 0 N–H and O–H groups in total. The zero-order valence-corrected chi connectivity index (χ0v) is 27.8. The number of ether oxygens (including phenoxy) is 7. The minimum Gasteiger partial charge on any atom is -0.491 e. The van der Waals surface area contributed by atoms with Crippen LogP contribution in [0.4, 0.5) is 0 Å². The van der Waals surface area contributed by atoms with Gasteiger partial charge in [-0.1, -0.05) is 121 Å². The maximum absolute atomic E-state index is 5.68. The molecule has 0 heterocycles. The molecule has 1 aromatic rings. The molecule has 0 radical (unpaired) electrons. The van der Waals surface area contributed by atoms with E-state index in [0.717, 1.165) is 18.8 Å². The molecule has 0 bridgehead atoms. The molecule has 0 amide bonds. The first-order chi connectivity index (χ1) is 21.4. The summed E-state index contributed by atoms with van der Waals surface area (Å²) < 4.78 is 38.8. The van der Waals surface area contributed by atoms with Crippen LogP contribution in [0.3, 0.4) is 0 Å². The molecule has 252 valence electrons. The molecule has 0 atom stereocenters. The topological polar surface area (TPSA) is 64.6 Å². The third-order valence-corrected chi connectivity index (χ3v) is 7.24. The van der Waals surface area contributed by atoms with E-state index in [9.17, 15) is 0 Å². The highest BCUT2D eigenvalue weighted by atomic mass is 16.6. The van der Waals surface area contributed by atoms with Crippen LogP contribution in [0.5, 0.6) is 5.75 Å². The first kappa shape index (κ1) is 39.8. The number of rotatable bonds is 36. The van der Waals surface area contributed by atoms with Gasteiger partial charge in [-0.25, -0.2) is 0 Å². The molecule has 0 spiro atoms. The fraction of sp³-hybridized carbons (Fsp3) is 0.833. The number of unbranched alkanes of at least 4 members (excludes halogenated alkanes) is 15. The Morgan fingerprint density at radius 2 is 0.628 bits per heavy atom. The average molecular weight is 611 g/mol. The van der Waals surface area contributed by atoms with Crippen molar-refractivity contribution in [1.82, 2.24) is 0 Å². The van der Waals surface area contributed by atoms with Crippen LogP contribution in [0.2, 0.25) is 0 Å². The molecule has 0 unspecified atom stereocenters. The molecule has 1 rings (SSSR count). The predicted molar refractivity (Wildman–Crippen MR) is 176 cm³/mol. The second-order valence-corrected chi connectivity index (χ2v) is 11.1. The highest BCUT2D eigenvalue weighted by Crippen LogP contribution is 2.13. The smallest absolute Gasteiger partial charge is 0.119 e. The van der Waals surface area contributed by atoms with Crippen LogP contribution >= 0.6 is 0 Å². The van der Waals surface area contributed by atoms with Gasteiger partial charge in [-0.15, -0.1) is 0 Å². The molecule has 0 fully saturated rings. The summed E-state index contributed by atoms with van der Waals surface area (Å²) in [4.78, 5) is 0. The minimum atomic E-state index is 0.533. The summed E-state index contributed by atoms with van der Waals surface area (Å²) in [6, 6.07) is 9.73. The van der Waals surface area contributed by atoms with Crippen LogP contribution in [-0.2, 0) is 28.4 Å². The minimum absolute atomic E-state index is 0.533. The maximum atomic E-state index is 5.68. The monoisotopic (exact) mass is 610 g/mol. The van der Waals surface area contributed by atoms with Gasteiger partial charge in [-0.05, 0) is 18.6 Å². The van der Waals surface area contributed by atoms with Crippen molar-refractivity contribution < 1.29 is 33.2 Å². The molecule has 0 aliphatic rings. The summed E-state index contributed by atoms with van der Waals surface area (Å²) in [6.07, 6.45) is 22.3. The zero-order chi connectivity index (χ0) is 30.6. The Morgan fingerprint density at radius 1 is 0.326 bits per heavy atom. The summed E-state index contributed by atoms with van der Waals surface area (Å²) in [6.45, 7) is 9.96. The predicted octanol–water partition coefficient (Wildman–Crippen LogP) is 8.43. The van der Waals surface area contributed by atoms with E-state index >= 15 is 0 Å². The quantitative estimate of drug-likeness (QED) is 0.0707. The van der Waals surface area contributed by atoms with Crippen LogP contribution < -0.4 is 4.74 Å². The fourth-order valence-corrected chi connectivity index (χ4v) is 4.69. The zero-order valence-electron chi connectivity index (χ0n) is 27.8. The van der Waals surface area contributed by atoms with E-state index in [1.807, 2.05) is 30.3 Å². The highest BCUT2D eigenvalue weighted by molar-refractivity contribution is 5.20. The summed E-state index contributed by atoms with van der Waals surface area (Å²) in [5, 5.41) is 0. The molecular formula is C36H66O7. The molecular weight excluding hydrogens is 544 g/mol. The summed E-state index contributed by atoms with van der Waals surface area (Å²) in [5.74, 6) is 0.858. The van der Waals surface area contributed by atoms with Crippen LogP contribution in [-0.4, -0.2) is 85.9 Å². The van der Waals surface area contributed by atoms with E-state index in [1.54, 1.807) is 0 Å². The maximum Gasteiger partial charge on any atom is 0.119 e. The van der Waals surface area contributed by atoms with Gasteiger partial charge in [0.2, 0.25) is 0 Å². The van der Waals surface area contributed by atoms with Crippen molar-refractivity contribution in [2.24, 2.45) is 0 Å². The Bertz CT molecular complexity index is 631. The fourth-order valence-electron chi connectivity index (χ4n) is 4.69. The molecule has 0 aliphatic carbocycles. The van der Waals surface area contributed by atoms with E-state index in [0.29, 0.717) is 79.3 Å². The van der Waals surface area contributed by atoms with Crippen molar-refractivity contribution in [1.29, 1.82) is 0 Å². The lowest BCUT2D eigenvalue weighted by molar-refractivity contribution is -0.0179. The van der Waals surface area contributed by atoms with Gasteiger partial charge in [0.15, 0.2) is 0 Å². The van der Waals surface area contributed by atoms with E-state index in [4.69, 9.17) is 33.2 Å². The Balaban J connectivity index is 1.61. The van der Waals surface area contributed by atoms with Crippen molar-refractivity contribution >= 4 is 0 Å². The standard InChI is InChI=1S/C36H66O7/c1-2-3-4-5-6-7-8-9-10-11-12-13-14-15-16-20-23-37-24-25-38-26-27-39-28-29-40-30-31-41-32-33-42-34-35-43-36-21-18-17-19-22-36/h17-19,21-22H,2-16,20,23-35H2,1H3. The number of hydrogen-bond acceptors (Lipinski definition) is 7. The Labute approximate surface area is 264 Å². The van der Waals surface area contributed by atoms with Crippen molar-refractivity contribution in [2.45, 2.75) is 110 Å². The molecule has 0 aliphatic heterocycles. The van der Waals surface area contributed by atoms with Gasteiger partial charge in [0, 0.05) is 6.61 Å². The second-order valence-electron chi connectivity index (χ2n) is 11.1. The number of para-hydroxylation sites is 1. The van der Waals surface area contributed by atoms with E-state index in [1.165, 1.54) is 96.3 Å². The van der Waals surface area contributed by atoms with Gasteiger partial charge >= 0.3 is 0 Å². The van der Waals surface area contributed by atoms with Crippen LogP contribution in [0.1, 0.15) is 110 Å². The molecule has 1 aromatic carbocycles. The summed E-state index contributed by atoms with van der Waals surface area (Å²) in [5.41, 5.74) is 0. The van der Waals surface area contributed by atoms with Crippen molar-refractivity contribution in [2.75, 3.05) is 85.9 Å². The van der Waals surface area contributed by atoms with Crippen molar-refractivity contribution in [3.8, 4) is 5.75 Å². The first-order valence-corrected chi connectivity index (χ1v) is 17.6. The summed E-state index contributed by atoms with van der Waals surface area (Å²) >= 11 is 0. The first-order valence-electron chi connectivity index (χ1n) is 17.6. The summed E-state index contributed by atoms with van der Waals surface area (Å²) in [7, 11) is 0. The second kappa shape index (κ2) is 35.3. The van der Waals surface area contributed by atoms with Crippen LogP contribution in [0, 0.1) is 0 Å². The number of hydrogen-bond donors (Lipinski definition) is 0. The lowest BCUT2D eigenvalue weighted by Crippen LogP contribution is -2.14. The molecule has 0 saturated heterocycles. The van der Waals surface area contributed by atoms with E-state index in [2.05, 4.69) is 6.92 Å². The third kappa shape index (κ3) is 32.0. The highest BCUT2D eigenvalue weighted by Gasteiger charge is 1.97. The van der Waals surface area contributed by atoms with Crippen LogP contribution in [0.25, 0.3) is 0 Å². The third-order valence-electron chi connectivity index (χ3n) is 7.24.